The van der Waals surface area contributed by atoms with Crippen LogP contribution in [0.4, 0.5) is 15.7 Å². The minimum absolute atomic E-state index is 0.0951. The SMILES string of the molecule is CCC(C)(C)c1cc(NC(=O)Nc2sccc2-c2ccncc2)on1. The smallest absolute Gasteiger partial charge is 0.326 e. The summed E-state index contributed by atoms with van der Waals surface area (Å²) in [5, 5.41) is 12.3. The fraction of sp³-hybridized carbons (Fsp3) is 0.278. The molecule has 0 radical (unpaired) electrons. The molecule has 0 aliphatic rings. The minimum Gasteiger partial charge on any atom is -0.338 e. The van der Waals surface area contributed by atoms with Crippen molar-refractivity contribution in [3.05, 3.63) is 47.7 Å². The zero-order chi connectivity index (χ0) is 17.9. The van der Waals surface area contributed by atoms with Gasteiger partial charge in [-0.1, -0.05) is 25.9 Å². The number of nitrogens with one attached hydrogen (secondary N) is 2. The van der Waals surface area contributed by atoms with Crippen LogP contribution in [-0.4, -0.2) is 16.2 Å². The molecule has 3 aromatic heterocycles. The molecule has 130 valence electrons. The Kier molecular flexibility index (Phi) is 4.85. The molecule has 0 atom stereocenters. The summed E-state index contributed by atoms with van der Waals surface area (Å²) in [6.07, 6.45) is 4.38. The lowest BCUT2D eigenvalue weighted by Crippen LogP contribution is -2.19. The first-order valence-corrected chi connectivity index (χ1v) is 8.90. The molecule has 0 aliphatic carbocycles. The summed E-state index contributed by atoms with van der Waals surface area (Å²) in [6.45, 7) is 6.26. The van der Waals surface area contributed by atoms with Crippen molar-refractivity contribution >= 4 is 28.3 Å². The van der Waals surface area contributed by atoms with E-state index in [9.17, 15) is 4.79 Å². The molecule has 0 fully saturated rings. The molecule has 0 bridgehead atoms. The van der Waals surface area contributed by atoms with Gasteiger partial charge in [-0.25, -0.2) is 4.79 Å². The van der Waals surface area contributed by atoms with Gasteiger partial charge in [0.15, 0.2) is 0 Å². The normalized spacial score (nSPS) is 11.3. The zero-order valence-corrected chi connectivity index (χ0v) is 15.2. The molecule has 3 aromatic rings. The highest BCUT2D eigenvalue weighted by molar-refractivity contribution is 7.15. The van der Waals surface area contributed by atoms with E-state index in [1.807, 2.05) is 23.6 Å². The molecule has 3 heterocycles. The van der Waals surface area contributed by atoms with Crippen molar-refractivity contribution in [2.75, 3.05) is 10.6 Å². The van der Waals surface area contributed by atoms with Crippen LogP contribution in [-0.2, 0) is 5.41 Å². The van der Waals surface area contributed by atoms with Crippen LogP contribution in [0.25, 0.3) is 11.1 Å². The van der Waals surface area contributed by atoms with Crippen LogP contribution in [0.15, 0.2) is 46.6 Å². The second kappa shape index (κ2) is 7.06. The molecule has 6 nitrogen and oxygen atoms in total. The van der Waals surface area contributed by atoms with Crippen molar-refractivity contribution in [3.8, 4) is 11.1 Å². The van der Waals surface area contributed by atoms with E-state index >= 15 is 0 Å². The number of amides is 2. The van der Waals surface area contributed by atoms with Crippen LogP contribution in [0.1, 0.15) is 32.9 Å². The molecule has 7 heteroatoms. The summed E-state index contributed by atoms with van der Waals surface area (Å²) >= 11 is 1.46. The van der Waals surface area contributed by atoms with Gasteiger partial charge in [-0.05, 0) is 35.6 Å². The summed E-state index contributed by atoms with van der Waals surface area (Å²) in [6, 6.07) is 7.17. The van der Waals surface area contributed by atoms with Gasteiger partial charge in [0.05, 0.1) is 5.69 Å². The Morgan fingerprint density at radius 2 is 2.00 bits per heavy atom. The molecule has 0 aliphatic heterocycles. The van der Waals surface area contributed by atoms with E-state index in [2.05, 4.69) is 41.5 Å². The fourth-order valence-electron chi connectivity index (χ4n) is 2.25. The van der Waals surface area contributed by atoms with Gasteiger partial charge in [0.25, 0.3) is 0 Å². The third-order valence-electron chi connectivity index (χ3n) is 4.21. The third kappa shape index (κ3) is 3.88. The van der Waals surface area contributed by atoms with E-state index in [0.717, 1.165) is 28.2 Å². The second-order valence-electron chi connectivity index (χ2n) is 6.29. The van der Waals surface area contributed by atoms with Crippen molar-refractivity contribution in [1.29, 1.82) is 0 Å². The molecule has 0 unspecified atom stereocenters. The molecule has 0 spiro atoms. The number of nitrogens with zero attached hydrogens (tertiary/aromatic N) is 2. The van der Waals surface area contributed by atoms with Gasteiger partial charge in [0.1, 0.15) is 5.00 Å². The van der Waals surface area contributed by atoms with Gasteiger partial charge in [0, 0.05) is 29.4 Å². The average Bonchev–Trinajstić information content (AvgIpc) is 3.25. The average molecular weight is 356 g/mol. The van der Waals surface area contributed by atoms with Crippen LogP contribution in [0.2, 0.25) is 0 Å². The lowest BCUT2D eigenvalue weighted by molar-refractivity contribution is 0.261. The van der Waals surface area contributed by atoms with Gasteiger partial charge in [-0.3, -0.25) is 15.6 Å². The summed E-state index contributed by atoms with van der Waals surface area (Å²) in [5.74, 6) is 0.330. The number of thiophene rings is 1. The maximum absolute atomic E-state index is 12.3. The zero-order valence-electron chi connectivity index (χ0n) is 14.4. The molecule has 2 amide bonds. The largest absolute Gasteiger partial charge is 0.338 e. The van der Waals surface area contributed by atoms with Crippen molar-refractivity contribution in [2.45, 2.75) is 32.6 Å². The number of anilines is 2. The lowest BCUT2D eigenvalue weighted by Gasteiger charge is -2.18. The third-order valence-corrected chi connectivity index (χ3v) is 5.04. The number of urea groups is 1. The maximum Gasteiger partial charge on any atom is 0.326 e. The first-order chi connectivity index (χ1) is 12.0. The quantitative estimate of drug-likeness (QED) is 0.664. The molecule has 2 N–H and O–H groups in total. The predicted molar refractivity (Wildman–Crippen MR) is 100 cm³/mol. The van der Waals surface area contributed by atoms with Gasteiger partial charge >= 0.3 is 6.03 Å². The van der Waals surface area contributed by atoms with Crippen molar-refractivity contribution in [1.82, 2.24) is 10.1 Å². The Morgan fingerprint density at radius 3 is 2.72 bits per heavy atom. The van der Waals surface area contributed by atoms with Crippen molar-refractivity contribution < 1.29 is 9.32 Å². The highest BCUT2D eigenvalue weighted by Gasteiger charge is 2.23. The Bertz CT molecular complexity index is 855. The van der Waals surface area contributed by atoms with Crippen LogP contribution in [0, 0.1) is 0 Å². The Morgan fingerprint density at radius 1 is 1.24 bits per heavy atom. The first kappa shape index (κ1) is 17.2. The summed E-state index contributed by atoms with van der Waals surface area (Å²) in [7, 11) is 0. The second-order valence-corrected chi connectivity index (χ2v) is 7.21. The van der Waals surface area contributed by atoms with E-state index in [-0.39, 0.29) is 11.4 Å². The Balaban J connectivity index is 1.69. The maximum atomic E-state index is 12.3. The summed E-state index contributed by atoms with van der Waals surface area (Å²) in [4.78, 5) is 16.3. The Hall–Kier alpha value is -2.67. The predicted octanol–water partition coefficient (Wildman–Crippen LogP) is 5.13. The monoisotopic (exact) mass is 356 g/mol. The topological polar surface area (TPSA) is 80.0 Å². The van der Waals surface area contributed by atoms with E-state index in [4.69, 9.17) is 4.52 Å². The van der Waals surface area contributed by atoms with Crippen molar-refractivity contribution in [2.24, 2.45) is 0 Å². The van der Waals surface area contributed by atoms with Gasteiger partial charge in [-0.15, -0.1) is 11.3 Å². The minimum atomic E-state index is -0.366. The van der Waals surface area contributed by atoms with Crippen molar-refractivity contribution in [3.63, 3.8) is 0 Å². The van der Waals surface area contributed by atoms with Crippen LogP contribution < -0.4 is 10.6 Å². The molecular weight excluding hydrogens is 336 g/mol. The lowest BCUT2D eigenvalue weighted by atomic mass is 9.87. The van der Waals surface area contributed by atoms with E-state index in [1.165, 1.54) is 11.3 Å². The number of aromatic nitrogens is 2. The first-order valence-electron chi connectivity index (χ1n) is 8.02. The van der Waals surface area contributed by atoms with E-state index in [0.29, 0.717) is 5.88 Å². The number of carbonyl (C=O) groups is 1. The molecular formula is C18H20N4O2S. The molecule has 0 saturated heterocycles. The van der Waals surface area contributed by atoms with Gasteiger partial charge < -0.3 is 4.52 Å². The molecule has 3 rings (SSSR count). The van der Waals surface area contributed by atoms with Crippen LogP contribution >= 0.6 is 11.3 Å². The standard InChI is InChI=1S/C18H20N4O2S/c1-4-18(2,3)14-11-15(24-22-14)20-17(23)21-16-13(7-10-25-16)12-5-8-19-9-6-12/h5-11H,4H2,1-3H3,(H2,20,21,23). The summed E-state index contributed by atoms with van der Waals surface area (Å²) < 4.78 is 5.23. The molecule has 0 saturated carbocycles. The van der Waals surface area contributed by atoms with Gasteiger partial charge in [-0.2, -0.15) is 0 Å². The number of carbonyl (C=O) groups excluding carboxylic acids is 1. The molecule has 25 heavy (non-hydrogen) atoms. The number of hydrogen-bond donors (Lipinski definition) is 2. The Labute approximate surface area is 150 Å². The van der Waals surface area contributed by atoms with Crippen LogP contribution in [0.3, 0.4) is 0 Å². The summed E-state index contributed by atoms with van der Waals surface area (Å²) in [5.41, 5.74) is 2.67. The van der Waals surface area contributed by atoms with Crippen LogP contribution in [0.5, 0.6) is 0 Å². The highest BCUT2D eigenvalue weighted by atomic mass is 32.1. The number of rotatable bonds is 5. The fourth-order valence-corrected chi connectivity index (χ4v) is 3.05. The van der Waals surface area contributed by atoms with E-state index < -0.39 is 0 Å². The molecule has 0 aromatic carbocycles. The highest BCUT2D eigenvalue weighted by Crippen LogP contribution is 2.33. The number of hydrogen-bond acceptors (Lipinski definition) is 5. The number of pyridine rings is 1. The van der Waals surface area contributed by atoms with Gasteiger partial charge in [0.2, 0.25) is 5.88 Å². The van der Waals surface area contributed by atoms with E-state index in [1.54, 1.807) is 18.5 Å².